The Labute approximate surface area is 126 Å². The fourth-order valence-corrected chi connectivity index (χ4v) is 2.34. The summed E-state index contributed by atoms with van der Waals surface area (Å²) in [6.07, 6.45) is 1.37. The lowest BCUT2D eigenvalue weighted by Gasteiger charge is -2.30. The topological polar surface area (TPSA) is 68.5 Å². The SMILES string of the molecule is [B]N1CCC(NC[C@H](O)COc2ccccc2C#N)CC1. The largest absolute Gasteiger partial charge is 0.489 e. The summed E-state index contributed by atoms with van der Waals surface area (Å²) in [6.45, 7) is 2.39. The lowest BCUT2D eigenvalue weighted by atomic mass is 10.0. The van der Waals surface area contributed by atoms with Crippen LogP contribution in [0.15, 0.2) is 24.3 Å². The number of para-hydroxylation sites is 1. The van der Waals surface area contributed by atoms with Crippen molar-refractivity contribution < 1.29 is 9.84 Å². The molecule has 110 valence electrons. The Morgan fingerprint density at radius 3 is 2.86 bits per heavy atom. The molecule has 21 heavy (non-hydrogen) atoms. The number of ether oxygens (including phenoxy) is 1. The van der Waals surface area contributed by atoms with E-state index < -0.39 is 6.10 Å². The smallest absolute Gasteiger partial charge is 0.182 e. The van der Waals surface area contributed by atoms with Gasteiger partial charge in [-0.05, 0) is 38.1 Å². The van der Waals surface area contributed by atoms with Gasteiger partial charge in [-0.25, -0.2) is 0 Å². The first-order valence-electron chi connectivity index (χ1n) is 7.22. The average Bonchev–Trinajstić information content (AvgIpc) is 2.52. The second kappa shape index (κ2) is 8.03. The normalized spacial score (nSPS) is 18.1. The molecule has 0 aliphatic carbocycles. The van der Waals surface area contributed by atoms with Crippen LogP contribution in [0.4, 0.5) is 0 Å². The van der Waals surface area contributed by atoms with E-state index in [9.17, 15) is 5.11 Å². The molecule has 1 aliphatic heterocycles. The molecule has 0 bridgehead atoms. The first kappa shape index (κ1) is 15.8. The van der Waals surface area contributed by atoms with Crippen molar-refractivity contribution in [1.29, 1.82) is 5.26 Å². The first-order valence-corrected chi connectivity index (χ1v) is 7.22. The second-order valence-corrected chi connectivity index (χ2v) is 5.29. The lowest BCUT2D eigenvalue weighted by Crippen LogP contribution is -2.44. The van der Waals surface area contributed by atoms with Crippen molar-refractivity contribution in [2.75, 3.05) is 26.2 Å². The minimum Gasteiger partial charge on any atom is -0.489 e. The summed E-state index contributed by atoms with van der Waals surface area (Å²) in [7, 11) is 5.70. The Hall–Kier alpha value is -1.55. The van der Waals surface area contributed by atoms with E-state index in [1.165, 1.54) is 0 Å². The van der Waals surface area contributed by atoms with Gasteiger partial charge in [-0.2, -0.15) is 5.26 Å². The van der Waals surface area contributed by atoms with Crippen LogP contribution in [0, 0.1) is 11.3 Å². The van der Waals surface area contributed by atoms with Crippen molar-refractivity contribution in [1.82, 2.24) is 10.1 Å². The van der Waals surface area contributed by atoms with Gasteiger partial charge in [0.1, 0.15) is 24.5 Å². The van der Waals surface area contributed by atoms with Crippen LogP contribution in [-0.4, -0.2) is 56.3 Å². The van der Waals surface area contributed by atoms with Crippen molar-refractivity contribution in [3.63, 3.8) is 0 Å². The van der Waals surface area contributed by atoms with Crippen LogP contribution in [0.25, 0.3) is 0 Å². The molecule has 1 atom stereocenters. The van der Waals surface area contributed by atoms with Crippen LogP contribution in [-0.2, 0) is 0 Å². The molecule has 0 amide bonds. The van der Waals surface area contributed by atoms with Crippen molar-refractivity contribution in [2.45, 2.75) is 25.0 Å². The predicted molar refractivity (Wildman–Crippen MR) is 81.0 cm³/mol. The zero-order valence-corrected chi connectivity index (χ0v) is 12.0. The summed E-state index contributed by atoms with van der Waals surface area (Å²) in [5.74, 6) is 0.510. The highest BCUT2D eigenvalue weighted by Crippen LogP contribution is 2.16. The minimum atomic E-state index is -0.604. The first-order chi connectivity index (χ1) is 10.2. The van der Waals surface area contributed by atoms with Gasteiger partial charge in [0.25, 0.3) is 0 Å². The van der Waals surface area contributed by atoms with Crippen molar-refractivity contribution >= 4 is 7.98 Å². The Balaban J connectivity index is 1.70. The highest BCUT2D eigenvalue weighted by molar-refractivity contribution is 6.04. The second-order valence-electron chi connectivity index (χ2n) is 5.29. The Bertz CT molecular complexity index is 484. The summed E-state index contributed by atoms with van der Waals surface area (Å²) in [5, 5.41) is 22.2. The van der Waals surface area contributed by atoms with Gasteiger partial charge in [0.15, 0.2) is 7.98 Å². The van der Waals surface area contributed by atoms with E-state index in [1.807, 2.05) is 4.81 Å². The number of aliphatic hydroxyl groups excluding tert-OH is 1. The van der Waals surface area contributed by atoms with Gasteiger partial charge in [0.05, 0.1) is 5.56 Å². The van der Waals surface area contributed by atoms with Crippen LogP contribution in [0.3, 0.4) is 0 Å². The van der Waals surface area contributed by atoms with Crippen LogP contribution < -0.4 is 10.1 Å². The maximum absolute atomic E-state index is 9.95. The van der Waals surface area contributed by atoms with Gasteiger partial charge in [-0.15, -0.1) is 0 Å². The number of aliphatic hydroxyl groups is 1. The lowest BCUT2D eigenvalue weighted by molar-refractivity contribution is 0.101. The number of piperidine rings is 1. The van der Waals surface area contributed by atoms with E-state index in [-0.39, 0.29) is 6.61 Å². The van der Waals surface area contributed by atoms with E-state index in [0.717, 1.165) is 25.9 Å². The van der Waals surface area contributed by atoms with Crippen LogP contribution in [0.1, 0.15) is 18.4 Å². The van der Waals surface area contributed by atoms with Crippen molar-refractivity contribution in [3.8, 4) is 11.8 Å². The monoisotopic (exact) mass is 285 g/mol. The fourth-order valence-electron chi connectivity index (χ4n) is 2.34. The van der Waals surface area contributed by atoms with Gasteiger partial charge >= 0.3 is 0 Å². The van der Waals surface area contributed by atoms with E-state index in [4.69, 9.17) is 18.0 Å². The summed E-state index contributed by atoms with van der Waals surface area (Å²) >= 11 is 0. The number of benzene rings is 1. The van der Waals surface area contributed by atoms with Crippen molar-refractivity contribution in [2.24, 2.45) is 0 Å². The molecule has 2 radical (unpaired) electrons. The number of nitrogens with one attached hydrogen (secondary N) is 1. The van der Waals surface area contributed by atoms with E-state index >= 15 is 0 Å². The number of rotatable bonds is 6. The molecular weight excluding hydrogens is 265 g/mol. The Kier molecular flexibility index (Phi) is 6.06. The molecule has 2 N–H and O–H groups in total. The highest BCUT2D eigenvalue weighted by Gasteiger charge is 2.17. The molecule has 1 heterocycles. The van der Waals surface area contributed by atoms with Crippen LogP contribution in [0.5, 0.6) is 5.75 Å². The molecular formula is C15H20BN3O2. The van der Waals surface area contributed by atoms with Crippen LogP contribution in [0.2, 0.25) is 0 Å². The summed E-state index contributed by atoms with van der Waals surface area (Å²) in [4.78, 5) is 1.82. The maximum atomic E-state index is 9.95. The summed E-state index contributed by atoms with van der Waals surface area (Å²) < 4.78 is 5.51. The average molecular weight is 285 g/mol. The van der Waals surface area contributed by atoms with Gasteiger partial charge in [-0.1, -0.05) is 12.1 Å². The molecule has 1 aromatic rings. The molecule has 1 fully saturated rings. The standard InChI is InChI=1S/C15H20BN3O2/c16-19-7-5-13(6-8-19)18-10-14(20)11-21-15-4-2-1-3-12(15)9-17/h1-4,13-14,18,20H,5-8,10-11H2/t14-/m0/s1. The van der Waals surface area contributed by atoms with E-state index in [2.05, 4.69) is 11.4 Å². The highest BCUT2D eigenvalue weighted by atomic mass is 16.5. The van der Waals surface area contributed by atoms with Crippen molar-refractivity contribution in [3.05, 3.63) is 29.8 Å². The zero-order chi connectivity index (χ0) is 15.1. The molecule has 1 saturated heterocycles. The molecule has 0 saturated carbocycles. The maximum Gasteiger partial charge on any atom is 0.182 e. The molecule has 2 rings (SSSR count). The van der Waals surface area contributed by atoms with Gasteiger partial charge in [-0.3, -0.25) is 0 Å². The quantitative estimate of drug-likeness (QED) is 0.742. The summed E-state index contributed by atoms with van der Waals surface area (Å²) in [6, 6.07) is 9.48. The number of hydrogen-bond acceptors (Lipinski definition) is 5. The third-order valence-electron chi connectivity index (χ3n) is 3.61. The fraction of sp³-hybridized carbons (Fsp3) is 0.533. The van der Waals surface area contributed by atoms with E-state index in [0.29, 0.717) is 23.9 Å². The predicted octanol–water partition coefficient (Wildman–Crippen LogP) is 0.435. The molecule has 1 aliphatic rings. The molecule has 1 aromatic carbocycles. The van der Waals surface area contributed by atoms with Gasteiger partial charge < -0.3 is 20.0 Å². The molecule has 0 aromatic heterocycles. The number of hydrogen-bond donors (Lipinski definition) is 2. The van der Waals surface area contributed by atoms with Gasteiger partial charge in [0.2, 0.25) is 0 Å². The molecule has 0 unspecified atom stereocenters. The minimum absolute atomic E-state index is 0.168. The Morgan fingerprint density at radius 1 is 1.43 bits per heavy atom. The van der Waals surface area contributed by atoms with Crippen LogP contribution >= 0.6 is 0 Å². The van der Waals surface area contributed by atoms with E-state index in [1.54, 1.807) is 24.3 Å². The Morgan fingerprint density at radius 2 is 2.14 bits per heavy atom. The molecule has 0 spiro atoms. The van der Waals surface area contributed by atoms with Gasteiger partial charge in [0, 0.05) is 12.6 Å². The molecule has 6 heteroatoms. The zero-order valence-electron chi connectivity index (χ0n) is 12.0. The summed E-state index contributed by atoms with van der Waals surface area (Å²) in [5.41, 5.74) is 0.480. The number of nitriles is 1. The number of nitrogens with zero attached hydrogens (tertiary/aromatic N) is 2. The molecule has 5 nitrogen and oxygen atoms in total. The third kappa shape index (κ3) is 5.05. The third-order valence-corrected chi connectivity index (χ3v) is 3.61.